The number of β-lactam (4-membered cyclic amide) rings is 2. The molecule has 0 unspecified atom stereocenters. The molecule has 0 radical (unpaired) electrons. The smallest absolute Gasteiger partial charge is 0.327 e. The van der Waals surface area contributed by atoms with Crippen LogP contribution in [0.4, 0.5) is 0 Å². The molecule has 1 N–H and O–H groups in total. The molecular weight excluding hydrogens is 322 g/mol. The Morgan fingerprint density at radius 2 is 1.68 bits per heavy atom. The van der Waals surface area contributed by atoms with Crippen LogP contribution in [0.15, 0.2) is 24.3 Å². The van der Waals surface area contributed by atoms with Crippen molar-refractivity contribution in [2.24, 2.45) is 11.8 Å². The number of carboxylic acid groups (broad SMARTS) is 1. The van der Waals surface area contributed by atoms with Gasteiger partial charge in [-0.15, -0.1) is 0 Å². The van der Waals surface area contributed by atoms with Gasteiger partial charge in [-0.1, -0.05) is 26.0 Å². The Morgan fingerprint density at radius 1 is 1.16 bits per heavy atom. The normalized spacial score (nSPS) is 16.8. The Hall–Kier alpha value is -2.37. The molecule has 136 valence electrons. The minimum absolute atomic E-state index is 0.0768. The molecule has 0 saturated carbocycles. The summed E-state index contributed by atoms with van der Waals surface area (Å²) in [6, 6.07) is 5.85. The van der Waals surface area contributed by atoms with E-state index in [9.17, 15) is 19.5 Å². The summed E-state index contributed by atoms with van der Waals surface area (Å²) in [5.41, 5.74) is 0.398. The van der Waals surface area contributed by atoms with Gasteiger partial charge in [-0.25, -0.2) is 4.79 Å². The molecule has 1 aliphatic rings. The van der Waals surface area contributed by atoms with Gasteiger partial charge >= 0.3 is 5.97 Å². The fraction of sp³-hybridized carbons (Fsp3) is 0.526. The van der Waals surface area contributed by atoms with Gasteiger partial charge in [0.15, 0.2) is 0 Å². The summed E-state index contributed by atoms with van der Waals surface area (Å²) in [6.45, 7) is 9.37. The Labute approximate surface area is 147 Å². The number of nitrogens with zero attached hydrogens (tertiary/aromatic N) is 1. The zero-order valence-electron chi connectivity index (χ0n) is 15.3. The van der Waals surface area contributed by atoms with Gasteiger partial charge in [-0.05, 0) is 44.4 Å². The highest BCUT2D eigenvalue weighted by molar-refractivity contribution is 6.19. The maximum Gasteiger partial charge on any atom is 0.327 e. The predicted molar refractivity (Wildman–Crippen MR) is 92.1 cm³/mol. The van der Waals surface area contributed by atoms with Gasteiger partial charge < -0.3 is 9.84 Å². The molecule has 0 aromatic heterocycles. The highest BCUT2D eigenvalue weighted by atomic mass is 16.5. The molecule has 1 heterocycles. The summed E-state index contributed by atoms with van der Waals surface area (Å²) in [6.07, 6.45) is 0.0768. The summed E-state index contributed by atoms with van der Waals surface area (Å²) in [7, 11) is 0. The van der Waals surface area contributed by atoms with E-state index < -0.39 is 29.7 Å². The molecule has 1 aliphatic heterocycles. The van der Waals surface area contributed by atoms with E-state index in [0.29, 0.717) is 5.75 Å². The van der Waals surface area contributed by atoms with Crippen LogP contribution >= 0.6 is 0 Å². The fourth-order valence-electron chi connectivity index (χ4n) is 2.88. The van der Waals surface area contributed by atoms with E-state index in [4.69, 9.17) is 4.74 Å². The van der Waals surface area contributed by atoms with Crippen LogP contribution in [0.2, 0.25) is 0 Å². The molecule has 1 atom stereocenters. The average Bonchev–Trinajstić information content (AvgIpc) is 2.46. The Bertz CT molecular complexity index is 656. The van der Waals surface area contributed by atoms with Crippen molar-refractivity contribution in [3.63, 3.8) is 0 Å². The summed E-state index contributed by atoms with van der Waals surface area (Å²) in [5, 5.41) is 9.47. The topological polar surface area (TPSA) is 83.9 Å². The third-order valence-electron chi connectivity index (χ3n) is 4.05. The lowest BCUT2D eigenvalue weighted by Crippen LogP contribution is -2.65. The number of aliphatic carboxylic acids is 1. The number of rotatable bonds is 6. The van der Waals surface area contributed by atoms with E-state index >= 15 is 0 Å². The molecule has 1 fully saturated rings. The van der Waals surface area contributed by atoms with Crippen LogP contribution in [0, 0.1) is 11.8 Å². The van der Waals surface area contributed by atoms with E-state index in [1.165, 1.54) is 0 Å². The van der Waals surface area contributed by atoms with E-state index in [1.807, 2.05) is 20.8 Å². The van der Waals surface area contributed by atoms with E-state index in [2.05, 4.69) is 0 Å². The number of likely N-dealkylation sites (tertiary alicyclic amines) is 1. The van der Waals surface area contributed by atoms with Crippen molar-refractivity contribution in [2.45, 2.75) is 52.7 Å². The largest absolute Gasteiger partial charge is 0.488 e. The molecule has 1 saturated heterocycles. The first-order valence-corrected chi connectivity index (χ1v) is 8.39. The first-order chi connectivity index (χ1) is 11.5. The second-order valence-corrected chi connectivity index (χ2v) is 7.68. The number of amides is 2. The maximum absolute atomic E-state index is 12.2. The standard InChI is InChI=1S/C19H25NO5/c1-11(2)15-16(21)20(17(15)22)14(18(23)24)10-12-6-8-13(9-7-12)25-19(3,4)5/h6-9,11,14-15H,10H2,1-5H3,(H,23,24)/t14-/m0/s1. The van der Waals surface area contributed by atoms with Crippen molar-refractivity contribution in [1.82, 2.24) is 4.90 Å². The number of ether oxygens (including phenoxy) is 1. The number of carbonyl (C=O) groups is 3. The Morgan fingerprint density at radius 3 is 2.08 bits per heavy atom. The average molecular weight is 347 g/mol. The predicted octanol–water partition coefficient (Wildman–Crippen LogP) is 2.50. The second kappa shape index (κ2) is 6.86. The van der Waals surface area contributed by atoms with Gasteiger partial charge in [0, 0.05) is 6.42 Å². The van der Waals surface area contributed by atoms with Crippen molar-refractivity contribution in [1.29, 1.82) is 0 Å². The highest BCUT2D eigenvalue weighted by Gasteiger charge is 2.52. The van der Waals surface area contributed by atoms with Gasteiger partial charge in [-0.3, -0.25) is 14.5 Å². The molecule has 0 aliphatic carbocycles. The first-order valence-electron chi connectivity index (χ1n) is 8.39. The maximum atomic E-state index is 12.2. The van der Waals surface area contributed by atoms with E-state index in [0.717, 1.165) is 10.5 Å². The highest BCUT2D eigenvalue weighted by Crippen LogP contribution is 2.30. The van der Waals surface area contributed by atoms with Crippen molar-refractivity contribution >= 4 is 17.8 Å². The number of benzene rings is 1. The molecule has 1 aromatic carbocycles. The Kier molecular flexibility index (Phi) is 5.20. The zero-order chi connectivity index (χ0) is 18.9. The van der Waals surface area contributed by atoms with Crippen LogP contribution in [-0.2, 0) is 20.8 Å². The quantitative estimate of drug-likeness (QED) is 0.631. The third-order valence-corrected chi connectivity index (χ3v) is 4.05. The fourth-order valence-corrected chi connectivity index (χ4v) is 2.88. The molecule has 0 spiro atoms. The first kappa shape index (κ1) is 19.0. The van der Waals surface area contributed by atoms with Gasteiger partial charge in [-0.2, -0.15) is 0 Å². The molecular formula is C19H25NO5. The summed E-state index contributed by atoms with van der Waals surface area (Å²) in [5.74, 6) is -2.15. The van der Waals surface area contributed by atoms with Crippen LogP contribution in [-0.4, -0.2) is 39.4 Å². The van der Waals surface area contributed by atoms with Crippen LogP contribution in [0.25, 0.3) is 0 Å². The number of carbonyl (C=O) groups excluding carboxylic acids is 2. The molecule has 6 heteroatoms. The van der Waals surface area contributed by atoms with Crippen molar-refractivity contribution in [2.75, 3.05) is 0 Å². The number of hydrogen-bond donors (Lipinski definition) is 1. The van der Waals surface area contributed by atoms with E-state index in [1.54, 1.807) is 38.1 Å². The second-order valence-electron chi connectivity index (χ2n) is 7.68. The van der Waals surface area contributed by atoms with Gasteiger partial charge in [0.05, 0.1) is 0 Å². The molecule has 2 amide bonds. The molecule has 6 nitrogen and oxygen atoms in total. The van der Waals surface area contributed by atoms with Crippen molar-refractivity contribution in [3.05, 3.63) is 29.8 Å². The van der Waals surface area contributed by atoms with E-state index in [-0.39, 0.29) is 17.9 Å². The Balaban J connectivity index is 2.12. The van der Waals surface area contributed by atoms with Crippen LogP contribution < -0.4 is 4.74 Å². The minimum atomic E-state index is -1.18. The van der Waals surface area contributed by atoms with Crippen LogP contribution in [0.3, 0.4) is 0 Å². The summed E-state index contributed by atoms with van der Waals surface area (Å²) in [4.78, 5) is 36.8. The third kappa shape index (κ3) is 4.18. The monoisotopic (exact) mass is 347 g/mol. The van der Waals surface area contributed by atoms with Gasteiger partial charge in [0.2, 0.25) is 11.8 Å². The summed E-state index contributed by atoms with van der Waals surface area (Å²) < 4.78 is 5.73. The van der Waals surface area contributed by atoms with Crippen molar-refractivity contribution < 1.29 is 24.2 Å². The number of hydrogen-bond acceptors (Lipinski definition) is 4. The SMILES string of the molecule is CC(C)C1C(=O)N([C@@H](Cc2ccc(OC(C)(C)C)cc2)C(=O)O)C1=O. The van der Waals surface area contributed by atoms with Crippen LogP contribution in [0.1, 0.15) is 40.2 Å². The molecule has 1 aromatic rings. The zero-order valence-corrected chi connectivity index (χ0v) is 15.3. The van der Waals surface area contributed by atoms with Gasteiger partial charge in [0.1, 0.15) is 23.3 Å². The molecule has 2 rings (SSSR count). The lowest BCUT2D eigenvalue weighted by molar-refractivity contribution is -0.176. The van der Waals surface area contributed by atoms with Crippen LogP contribution in [0.5, 0.6) is 5.75 Å². The number of carboxylic acids is 1. The molecule has 25 heavy (non-hydrogen) atoms. The minimum Gasteiger partial charge on any atom is -0.488 e. The summed E-state index contributed by atoms with van der Waals surface area (Å²) >= 11 is 0. The number of imide groups is 1. The lowest BCUT2D eigenvalue weighted by atomic mass is 9.84. The van der Waals surface area contributed by atoms with Crippen molar-refractivity contribution in [3.8, 4) is 5.75 Å². The van der Waals surface area contributed by atoms with Gasteiger partial charge in [0.25, 0.3) is 0 Å². The molecule has 0 bridgehead atoms. The lowest BCUT2D eigenvalue weighted by Gasteiger charge is -2.41.